The van der Waals surface area contributed by atoms with Gasteiger partial charge in [-0.05, 0) is 24.6 Å². The fourth-order valence-corrected chi connectivity index (χ4v) is 1.98. The molecule has 0 aliphatic heterocycles. The van der Waals surface area contributed by atoms with Crippen molar-refractivity contribution in [2.75, 3.05) is 12.9 Å². The second-order valence-corrected chi connectivity index (χ2v) is 4.92. The first kappa shape index (κ1) is 14.5. The minimum atomic E-state index is 0.129. The molecule has 0 saturated heterocycles. The Bertz CT molecular complexity index is 452. The summed E-state index contributed by atoms with van der Waals surface area (Å²) in [5.41, 5.74) is 1.49. The van der Waals surface area contributed by atoms with Gasteiger partial charge in [-0.1, -0.05) is 23.9 Å². The Hall–Kier alpha value is -1.55. The maximum atomic E-state index is 10.7. The molecule has 0 atom stereocenters. The van der Waals surface area contributed by atoms with E-state index in [1.54, 1.807) is 32.2 Å². The molecule has 1 rings (SSSR count). The molecule has 1 aromatic rings. The standard InChI is InChI=1S/C14H16O3S/c1-11(16)18-8-4-3-5-13-9-12(10-15)6-7-14(13)17-2/h3,5-7,9-10H,4,8H2,1-2H3. The van der Waals surface area contributed by atoms with E-state index in [1.807, 2.05) is 12.2 Å². The lowest BCUT2D eigenvalue weighted by Crippen LogP contribution is -1.89. The molecule has 0 radical (unpaired) electrons. The number of hydrogen-bond acceptors (Lipinski definition) is 4. The fraction of sp³-hybridized carbons (Fsp3) is 0.286. The van der Waals surface area contributed by atoms with Crippen LogP contribution in [0.5, 0.6) is 5.75 Å². The Morgan fingerprint density at radius 3 is 2.83 bits per heavy atom. The predicted molar refractivity (Wildman–Crippen MR) is 75.2 cm³/mol. The highest BCUT2D eigenvalue weighted by atomic mass is 32.2. The molecule has 96 valence electrons. The largest absolute Gasteiger partial charge is 0.496 e. The molecule has 0 aliphatic carbocycles. The van der Waals surface area contributed by atoms with Crippen LogP contribution in [0.15, 0.2) is 24.3 Å². The number of hydrogen-bond donors (Lipinski definition) is 0. The number of rotatable bonds is 6. The molecule has 0 N–H and O–H groups in total. The molecule has 0 aromatic heterocycles. The zero-order valence-electron chi connectivity index (χ0n) is 10.5. The van der Waals surface area contributed by atoms with E-state index in [0.717, 1.165) is 29.8 Å². The van der Waals surface area contributed by atoms with E-state index >= 15 is 0 Å². The van der Waals surface area contributed by atoms with Crippen LogP contribution in [0.2, 0.25) is 0 Å². The van der Waals surface area contributed by atoms with Gasteiger partial charge >= 0.3 is 0 Å². The molecule has 0 saturated carbocycles. The third-order valence-corrected chi connectivity index (χ3v) is 3.12. The number of carbonyl (C=O) groups is 2. The molecular weight excluding hydrogens is 248 g/mol. The average Bonchev–Trinajstić information content (AvgIpc) is 2.37. The molecule has 0 aliphatic rings. The van der Waals surface area contributed by atoms with Crippen LogP contribution in [0.3, 0.4) is 0 Å². The third kappa shape index (κ3) is 4.75. The van der Waals surface area contributed by atoms with Crippen molar-refractivity contribution in [3.8, 4) is 5.75 Å². The summed E-state index contributed by atoms with van der Waals surface area (Å²) in [5, 5.41) is 0.129. The van der Waals surface area contributed by atoms with E-state index in [2.05, 4.69) is 0 Å². The van der Waals surface area contributed by atoms with Crippen molar-refractivity contribution < 1.29 is 14.3 Å². The summed E-state index contributed by atoms with van der Waals surface area (Å²) >= 11 is 1.31. The summed E-state index contributed by atoms with van der Waals surface area (Å²) in [6, 6.07) is 5.27. The average molecular weight is 264 g/mol. The van der Waals surface area contributed by atoms with Gasteiger partial charge in [0.15, 0.2) is 5.12 Å². The van der Waals surface area contributed by atoms with Crippen molar-refractivity contribution >= 4 is 29.2 Å². The summed E-state index contributed by atoms with van der Waals surface area (Å²) in [7, 11) is 1.60. The number of methoxy groups -OCH3 is 1. The van der Waals surface area contributed by atoms with Gasteiger partial charge in [0.05, 0.1) is 7.11 Å². The van der Waals surface area contributed by atoms with Crippen LogP contribution in [0.25, 0.3) is 6.08 Å². The molecule has 0 fully saturated rings. The Labute approximate surface area is 111 Å². The minimum Gasteiger partial charge on any atom is -0.496 e. The molecule has 1 aromatic carbocycles. The zero-order chi connectivity index (χ0) is 13.4. The first-order valence-corrected chi connectivity index (χ1v) is 6.59. The van der Waals surface area contributed by atoms with Gasteiger partial charge in [-0.2, -0.15) is 0 Å². The number of carbonyl (C=O) groups excluding carboxylic acids is 2. The fourth-order valence-electron chi connectivity index (χ4n) is 1.44. The van der Waals surface area contributed by atoms with E-state index < -0.39 is 0 Å². The second-order valence-electron chi connectivity index (χ2n) is 3.65. The molecular formula is C14H16O3S. The highest BCUT2D eigenvalue weighted by Gasteiger charge is 2.00. The van der Waals surface area contributed by atoms with Gasteiger partial charge in [0, 0.05) is 23.8 Å². The number of aldehydes is 1. The Balaban J connectivity index is 2.66. The van der Waals surface area contributed by atoms with Gasteiger partial charge in [-0.25, -0.2) is 0 Å². The van der Waals surface area contributed by atoms with E-state index in [-0.39, 0.29) is 5.12 Å². The van der Waals surface area contributed by atoms with Crippen LogP contribution in [0.4, 0.5) is 0 Å². The Morgan fingerprint density at radius 2 is 2.22 bits per heavy atom. The second kappa shape index (κ2) is 7.71. The van der Waals surface area contributed by atoms with Gasteiger partial charge in [0.2, 0.25) is 0 Å². The molecule has 0 unspecified atom stereocenters. The summed E-state index contributed by atoms with van der Waals surface area (Å²) in [5.74, 6) is 1.50. The smallest absolute Gasteiger partial charge is 0.185 e. The van der Waals surface area contributed by atoms with Gasteiger partial charge < -0.3 is 4.74 Å². The first-order valence-electron chi connectivity index (χ1n) is 5.60. The lowest BCUT2D eigenvalue weighted by Gasteiger charge is -2.04. The summed E-state index contributed by atoms with van der Waals surface area (Å²) in [6.07, 6.45) is 5.50. The van der Waals surface area contributed by atoms with Gasteiger partial charge in [0.25, 0.3) is 0 Å². The molecule has 0 heterocycles. The molecule has 4 heteroatoms. The monoisotopic (exact) mass is 264 g/mol. The van der Waals surface area contributed by atoms with Crippen LogP contribution >= 0.6 is 11.8 Å². The topological polar surface area (TPSA) is 43.4 Å². The predicted octanol–water partition coefficient (Wildman–Crippen LogP) is 3.19. The third-order valence-electron chi connectivity index (χ3n) is 2.28. The highest BCUT2D eigenvalue weighted by molar-refractivity contribution is 8.13. The van der Waals surface area contributed by atoms with Gasteiger partial charge in [-0.15, -0.1) is 0 Å². The molecule has 0 amide bonds. The molecule has 0 spiro atoms. The van der Waals surface area contributed by atoms with Crippen LogP contribution in [-0.2, 0) is 4.79 Å². The van der Waals surface area contributed by atoms with Gasteiger partial charge in [-0.3, -0.25) is 9.59 Å². The number of thioether (sulfide) groups is 1. The molecule has 3 nitrogen and oxygen atoms in total. The number of benzene rings is 1. The van der Waals surface area contributed by atoms with E-state index in [1.165, 1.54) is 11.8 Å². The van der Waals surface area contributed by atoms with Crippen molar-refractivity contribution in [3.63, 3.8) is 0 Å². The van der Waals surface area contributed by atoms with E-state index in [0.29, 0.717) is 5.56 Å². The number of allylic oxidation sites excluding steroid dienone is 1. The van der Waals surface area contributed by atoms with E-state index in [4.69, 9.17) is 4.74 Å². The Kier molecular flexibility index (Phi) is 6.22. The Morgan fingerprint density at radius 1 is 1.44 bits per heavy atom. The summed E-state index contributed by atoms with van der Waals surface area (Å²) in [6.45, 7) is 1.56. The van der Waals surface area contributed by atoms with Crippen molar-refractivity contribution in [1.29, 1.82) is 0 Å². The molecule has 0 bridgehead atoms. The summed E-state index contributed by atoms with van der Waals surface area (Å²) < 4.78 is 5.21. The first-order chi connectivity index (χ1) is 8.67. The maximum Gasteiger partial charge on any atom is 0.185 e. The van der Waals surface area contributed by atoms with Crippen LogP contribution in [-0.4, -0.2) is 24.3 Å². The number of ether oxygens (including phenoxy) is 1. The van der Waals surface area contributed by atoms with Crippen LogP contribution < -0.4 is 4.74 Å². The SMILES string of the molecule is COc1ccc(C=O)cc1C=CCCSC(C)=O. The molecule has 18 heavy (non-hydrogen) atoms. The van der Waals surface area contributed by atoms with Gasteiger partial charge in [0.1, 0.15) is 12.0 Å². The van der Waals surface area contributed by atoms with Crippen LogP contribution in [0, 0.1) is 0 Å². The lowest BCUT2D eigenvalue weighted by molar-refractivity contribution is -0.109. The quantitative estimate of drug-likeness (QED) is 0.584. The van der Waals surface area contributed by atoms with Crippen molar-refractivity contribution in [2.45, 2.75) is 13.3 Å². The van der Waals surface area contributed by atoms with E-state index in [9.17, 15) is 9.59 Å². The maximum absolute atomic E-state index is 10.7. The van der Waals surface area contributed by atoms with Crippen LogP contribution in [0.1, 0.15) is 29.3 Å². The summed E-state index contributed by atoms with van der Waals surface area (Å²) in [4.78, 5) is 21.4. The minimum absolute atomic E-state index is 0.129. The lowest BCUT2D eigenvalue weighted by atomic mass is 10.1. The van der Waals surface area contributed by atoms with Crippen molar-refractivity contribution in [1.82, 2.24) is 0 Å². The van der Waals surface area contributed by atoms with Crippen molar-refractivity contribution in [2.24, 2.45) is 0 Å². The highest BCUT2D eigenvalue weighted by Crippen LogP contribution is 2.21. The zero-order valence-corrected chi connectivity index (χ0v) is 11.3. The van der Waals surface area contributed by atoms with Crippen molar-refractivity contribution in [3.05, 3.63) is 35.4 Å². The normalized spacial score (nSPS) is 10.6.